The second kappa shape index (κ2) is 7.42. The summed E-state index contributed by atoms with van der Waals surface area (Å²) in [5, 5.41) is 11.1. The summed E-state index contributed by atoms with van der Waals surface area (Å²) in [5.41, 5.74) is 3.83. The van der Waals surface area contributed by atoms with E-state index in [0.29, 0.717) is 6.07 Å². The van der Waals surface area contributed by atoms with E-state index < -0.39 is 57.2 Å². The molecular weight excluding hydrogens is 399 g/mol. The number of amides is 2. The Morgan fingerprint density at radius 1 is 1.42 bits per heavy atom. The van der Waals surface area contributed by atoms with Crippen molar-refractivity contribution >= 4 is 33.6 Å². The summed E-state index contributed by atoms with van der Waals surface area (Å²) in [6, 6.07) is -0.538. The van der Waals surface area contributed by atoms with Crippen molar-refractivity contribution < 1.29 is 36.3 Å². The fraction of sp³-hybridized carbons (Fsp3) is 0.385. The predicted molar refractivity (Wildman–Crippen MR) is 84.5 cm³/mol. The van der Waals surface area contributed by atoms with E-state index in [4.69, 9.17) is 10.8 Å². The fourth-order valence-electron chi connectivity index (χ4n) is 2.08. The standard InChI is InChI=1S/C13H14F3N3O5S2/c14-13(15,16)6-1-2-9-10(3-6)26(23,24)19-8(5-25-9)12(22)18-7(4-20)11(17)21/h1-3,7-8,19-20H,4-5H2,(H2,17,21)(H,18,22)/t7-,8-/m0/s1. The number of sulfonamides is 1. The van der Waals surface area contributed by atoms with Crippen molar-refractivity contribution in [2.24, 2.45) is 5.73 Å². The van der Waals surface area contributed by atoms with E-state index in [1.165, 1.54) is 0 Å². The van der Waals surface area contributed by atoms with Crippen LogP contribution in [0.15, 0.2) is 28.0 Å². The first-order valence-corrected chi connectivity index (χ1v) is 9.49. The van der Waals surface area contributed by atoms with Crippen molar-refractivity contribution in [1.29, 1.82) is 0 Å². The van der Waals surface area contributed by atoms with Gasteiger partial charge in [0, 0.05) is 10.6 Å². The first-order valence-electron chi connectivity index (χ1n) is 7.02. The number of hydrogen-bond acceptors (Lipinski definition) is 6. The summed E-state index contributed by atoms with van der Waals surface area (Å²) in [6.07, 6.45) is -4.73. The number of thioether (sulfide) groups is 1. The van der Waals surface area contributed by atoms with Crippen molar-refractivity contribution in [2.45, 2.75) is 28.1 Å². The Kier molecular flexibility index (Phi) is 5.85. The lowest BCUT2D eigenvalue weighted by molar-refractivity contribution is -0.137. The number of rotatable bonds is 4. The van der Waals surface area contributed by atoms with Gasteiger partial charge in [-0.05, 0) is 18.2 Å². The lowest BCUT2D eigenvalue weighted by Crippen LogP contribution is -2.54. The summed E-state index contributed by atoms with van der Waals surface area (Å²) >= 11 is 0.862. The van der Waals surface area contributed by atoms with Crippen LogP contribution in [0, 0.1) is 0 Å². The van der Waals surface area contributed by atoms with E-state index in [-0.39, 0.29) is 10.6 Å². The second-order valence-corrected chi connectivity index (χ2v) is 8.03. The van der Waals surface area contributed by atoms with Crippen LogP contribution >= 0.6 is 11.8 Å². The molecule has 0 aliphatic carbocycles. The zero-order chi connectivity index (χ0) is 19.7. The van der Waals surface area contributed by atoms with E-state index in [9.17, 15) is 31.2 Å². The molecule has 0 saturated carbocycles. The van der Waals surface area contributed by atoms with E-state index >= 15 is 0 Å². The number of primary amides is 1. The Morgan fingerprint density at radius 3 is 2.62 bits per heavy atom. The monoisotopic (exact) mass is 413 g/mol. The van der Waals surface area contributed by atoms with E-state index in [1.54, 1.807) is 0 Å². The number of alkyl halides is 3. The van der Waals surface area contributed by atoms with Crippen molar-refractivity contribution in [1.82, 2.24) is 10.0 Å². The number of nitrogens with one attached hydrogen (secondary N) is 2. The summed E-state index contributed by atoms with van der Waals surface area (Å²) in [5.74, 6) is -2.11. The minimum Gasteiger partial charge on any atom is -0.394 e. The second-order valence-electron chi connectivity index (χ2n) is 5.29. The number of carbonyl (C=O) groups is 2. The van der Waals surface area contributed by atoms with E-state index in [1.807, 2.05) is 4.72 Å². The molecule has 1 aliphatic rings. The number of fused-ring (bicyclic) bond motifs is 1. The minimum atomic E-state index is -4.73. The maximum absolute atomic E-state index is 12.8. The number of nitrogens with two attached hydrogens (primary N) is 1. The van der Waals surface area contributed by atoms with Crippen LogP contribution < -0.4 is 15.8 Å². The number of aliphatic hydroxyl groups excluding tert-OH is 1. The Bertz CT molecular complexity index is 829. The van der Waals surface area contributed by atoms with Gasteiger partial charge < -0.3 is 16.2 Å². The lowest BCUT2D eigenvalue weighted by atomic mass is 10.2. The van der Waals surface area contributed by atoms with Gasteiger partial charge in [-0.3, -0.25) is 9.59 Å². The zero-order valence-corrected chi connectivity index (χ0v) is 14.5. The number of hydrogen-bond donors (Lipinski definition) is 4. The maximum Gasteiger partial charge on any atom is 0.416 e. The lowest BCUT2D eigenvalue weighted by Gasteiger charge is -2.18. The van der Waals surface area contributed by atoms with Crippen LogP contribution in [0.4, 0.5) is 13.2 Å². The number of benzene rings is 1. The van der Waals surface area contributed by atoms with Gasteiger partial charge in [-0.2, -0.15) is 17.9 Å². The summed E-state index contributed by atoms with van der Waals surface area (Å²) < 4.78 is 65.2. The third kappa shape index (κ3) is 4.47. The molecule has 8 nitrogen and oxygen atoms in total. The van der Waals surface area contributed by atoms with E-state index in [0.717, 1.165) is 23.9 Å². The highest BCUT2D eigenvalue weighted by molar-refractivity contribution is 8.00. The molecule has 1 aromatic carbocycles. The molecular formula is C13H14F3N3O5S2. The Morgan fingerprint density at radius 2 is 2.08 bits per heavy atom. The highest BCUT2D eigenvalue weighted by Crippen LogP contribution is 2.36. The molecule has 0 bridgehead atoms. The van der Waals surface area contributed by atoms with Crippen molar-refractivity contribution in [3.8, 4) is 0 Å². The quantitative estimate of drug-likeness (QED) is 0.521. The Balaban J connectivity index is 2.30. The van der Waals surface area contributed by atoms with Gasteiger partial charge in [0.05, 0.1) is 17.1 Å². The van der Waals surface area contributed by atoms with Gasteiger partial charge in [-0.1, -0.05) is 0 Å². The molecule has 2 amide bonds. The minimum absolute atomic E-state index is 0.0504. The number of carbonyl (C=O) groups excluding carboxylic acids is 2. The Labute approximate surface area is 150 Å². The molecule has 0 fully saturated rings. The average Bonchev–Trinajstić information content (AvgIpc) is 2.67. The highest BCUT2D eigenvalue weighted by Gasteiger charge is 2.36. The molecule has 0 aromatic heterocycles. The third-order valence-corrected chi connectivity index (χ3v) is 6.23. The molecule has 0 saturated heterocycles. The molecule has 5 N–H and O–H groups in total. The van der Waals surface area contributed by atoms with Crippen LogP contribution in [-0.2, 0) is 25.8 Å². The number of halogens is 3. The molecule has 2 rings (SSSR count). The van der Waals surface area contributed by atoms with Crippen LogP contribution in [0.2, 0.25) is 0 Å². The number of aliphatic hydroxyl groups is 1. The van der Waals surface area contributed by atoms with Gasteiger partial charge in [-0.25, -0.2) is 8.42 Å². The molecule has 0 radical (unpaired) electrons. The maximum atomic E-state index is 12.8. The first-order chi connectivity index (χ1) is 12.0. The van der Waals surface area contributed by atoms with Gasteiger partial charge in [0.15, 0.2) is 0 Å². The topological polar surface area (TPSA) is 139 Å². The van der Waals surface area contributed by atoms with Gasteiger partial charge >= 0.3 is 6.18 Å². The van der Waals surface area contributed by atoms with Crippen molar-refractivity contribution in [2.75, 3.05) is 12.4 Å². The summed E-state index contributed by atoms with van der Waals surface area (Å²) in [7, 11) is -4.43. The zero-order valence-electron chi connectivity index (χ0n) is 12.9. The van der Waals surface area contributed by atoms with Crippen LogP contribution in [0.3, 0.4) is 0 Å². The van der Waals surface area contributed by atoms with Crippen molar-refractivity contribution in [3.63, 3.8) is 0 Å². The largest absolute Gasteiger partial charge is 0.416 e. The highest BCUT2D eigenvalue weighted by atomic mass is 32.2. The average molecular weight is 413 g/mol. The Hall–Kier alpha value is -1.83. The smallest absolute Gasteiger partial charge is 0.394 e. The van der Waals surface area contributed by atoms with Gasteiger partial charge in [0.25, 0.3) is 0 Å². The van der Waals surface area contributed by atoms with Crippen LogP contribution in [0.5, 0.6) is 0 Å². The van der Waals surface area contributed by atoms with Gasteiger partial charge in [-0.15, -0.1) is 11.8 Å². The molecule has 2 atom stereocenters. The van der Waals surface area contributed by atoms with Crippen LogP contribution in [-0.4, -0.2) is 49.8 Å². The normalized spacial score (nSPS) is 20.5. The van der Waals surface area contributed by atoms with Crippen LogP contribution in [0.25, 0.3) is 0 Å². The molecule has 1 aliphatic heterocycles. The van der Waals surface area contributed by atoms with Crippen LogP contribution in [0.1, 0.15) is 5.56 Å². The molecule has 144 valence electrons. The molecule has 0 unspecified atom stereocenters. The molecule has 0 spiro atoms. The van der Waals surface area contributed by atoms with Gasteiger partial charge in [0.2, 0.25) is 21.8 Å². The first kappa shape index (κ1) is 20.5. The summed E-state index contributed by atoms with van der Waals surface area (Å²) in [6.45, 7) is -0.789. The molecule has 26 heavy (non-hydrogen) atoms. The third-order valence-electron chi connectivity index (χ3n) is 3.42. The predicted octanol–water partition coefficient (Wildman–Crippen LogP) is -0.580. The van der Waals surface area contributed by atoms with Crippen molar-refractivity contribution in [3.05, 3.63) is 23.8 Å². The molecule has 13 heteroatoms. The SMILES string of the molecule is NC(=O)[C@H](CO)NC(=O)[C@@H]1CSc2ccc(C(F)(F)F)cc2S(=O)(=O)N1. The van der Waals surface area contributed by atoms with Gasteiger partial charge in [0.1, 0.15) is 12.1 Å². The van der Waals surface area contributed by atoms with E-state index in [2.05, 4.69) is 5.32 Å². The summed E-state index contributed by atoms with van der Waals surface area (Å²) in [4.78, 5) is 22.6. The molecule has 1 heterocycles. The fourth-order valence-corrected chi connectivity index (χ4v) is 4.94. The molecule has 1 aromatic rings.